The van der Waals surface area contributed by atoms with E-state index in [1.165, 1.54) is 12.1 Å². The quantitative estimate of drug-likeness (QED) is 0.890. The van der Waals surface area contributed by atoms with Gasteiger partial charge in [0.05, 0.1) is 15.7 Å². The van der Waals surface area contributed by atoms with Crippen LogP contribution in [0.2, 0.25) is 0 Å². The van der Waals surface area contributed by atoms with Gasteiger partial charge in [0.2, 0.25) is 0 Å². The largest absolute Gasteiger partial charge is 0.242 e. The molecule has 1 aromatic carbocycles. The summed E-state index contributed by atoms with van der Waals surface area (Å²) in [5.41, 5.74) is 0.183. The molecule has 17 heavy (non-hydrogen) atoms. The molecule has 0 radical (unpaired) electrons. The molecule has 1 rings (SSSR count). The second kappa shape index (κ2) is 5.23. The smallest absolute Gasteiger partial charge is 0.163 e. The van der Waals surface area contributed by atoms with Gasteiger partial charge in [0.15, 0.2) is 11.6 Å². The minimum atomic E-state index is -1.32. The van der Waals surface area contributed by atoms with Crippen molar-refractivity contribution in [1.82, 2.24) is 4.72 Å². The third-order valence-corrected chi connectivity index (χ3v) is 3.97. The molecule has 0 saturated heterocycles. The van der Waals surface area contributed by atoms with E-state index in [1.807, 2.05) is 20.8 Å². The number of nitrogens with one attached hydrogen (secondary N) is 1. The van der Waals surface area contributed by atoms with Crippen molar-refractivity contribution in [2.45, 2.75) is 38.5 Å². The molecule has 0 spiro atoms. The second-order valence-corrected chi connectivity index (χ2v) is 6.86. The first-order valence-corrected chi connectivity index (χ1v) is 6.50. The molecule has 1 N–H and O–H groups in total. The Morgan fingerprint density at radius 3 is 2.41 bits per heavy atom. The van der Waals surface area contributed by atoms with Gasteiger partial charge in [0, 0.05) is 11.6 Å². The highest BCUT2D eigenvalue weighted by molar-refractivity contribution is 7.84. The van der Waals surface area contributed by atoms with Crippen LogP contribution >= 0.6 is 0 Å². The van der Waals surface area contributed by atoms with Gasteiger partial charge in [-0.2, -0.15) is 0 Å². The molecule has 0 heterocycles. The summed E-state index contributed by atoms with van der Waals surface area (Å²) >= 11 is 0. The van der Waals surface area contributed by atoms with Crippen LogP contribution in [0.25, 0.3) is 0 Å². The number of hydrogen-bond donors (Lipinski definition) is 1. The van der Waals surface area contributed by atoms with E-state index in [0.29, 0.717) is 0 Å². The van der Waals surface area contributed by atoms with Crippen LogP contribution in [0.15, 0.2) is 18.2 Å². The average molecular weight is 261 g/mol. The summed E-state index contributed by atoms with van der Waals surface area (Å²) in [5.74, 6) is -1.78. The lowest BCUT2D eigenvalue weighted by atomic mass is 10.1. The number of rotatable bonds is 3. The fourth-order valence-electron chi connectivity index (χ4n) is 1.26. The summed E-state index contributed by atoms with van der Waals surface area (Å²) in [6.45, 7) is 7.09. The Morgan fingerprint density at radius 2 is 1.88 bits per heavy atom. The zero-order valence-electron chi connectivity index (χ0n) is 10.4. The third-order valence-electron chi connectivity index (χ3n) is 2.29. The maximum atomic E-state index is 13.5. The van der Waals surface area contributed by atoms with Crippen LogP contribution in [0.1, 0.15) is 39.3 Å². The lowest BCUT2D eigenvalue weighted by molar-refractivity contribution is 0.487. The van der Waals surface area contributed by atoms with Gasteiger partial charge in [-0.25, -0.2) is 17.7 Å². The topological polar surface area (TPSA) is 29.1 Å². The van der Waals surface area contributed by atoms with Crippen molar-refractivity contribution in [2.75, 3.05) is 0 Å². The molecule has 0 aromatic heterocycles. The summed E-state index contributed by atoms with van der Waals surface area (Å²) in [6.07, 6.45) is 0. The van der Waals surface area contributed by atoms with Crippen LogP contribution in [0.5, 0.6) is 0 Å². The maximum absolute atomic E-state index is 13.5. The number of hydrogen-bond acceptors (Lipinski definition) is 1. The highest BCUT2D eigenvalue weighted by Crippen LogP contribution is 2.21. The number of halogens is 2. The van der Waals surface area contributed by atoms with Crippen LogP contribution in [0.4, 0.5) is 8.78 Å². The van der Waals surface area contributed by atoms with Crippen LogP contribution in [0, 0.1) is 11.6 Å². The first-order chi connectivity index (χ1) is 7.73. The molecular weight excluding hydrogens is 244 g/mol. The average Bonchev–Trinajstić information content (AvgIpc) is 2.20. The Morgan fingerprint density at radius 1 is 1.29 bits per heavy atom. The van der Waals surface area contributed by atoms with Gasteiger partial charge < -0.3 is 0 Å². The molecule has 1 unspecified atom stereocenters. The van der Waals surface area contributed by atoms with E-state index in [1.54, 1.807) is 6.92 Å². The Bertz CT molecular complexity index is 429. The van der Waals surface area contributed by atoms with Gasteiger partial charge in [-0.1, -0.05) is 12.1 Å². The summed E-state index contributed by atoms with van der Waals surface area (Å²) in [6, 6.07) is 3.47. The van der Waals surface area contributed by atoms with Crippen molar-refractivity contribution in [1.29, 1.82) is 0 Å². The minimum absolute atomic E-state index is 0.183. The van der Waals surface area contributed by atoms with Crippen molar-refractivity contribution in [2.24, 2.45) is 0 Å². The van der Waals surface area contributed by atoms with E-state index in [2.05, 4.69) is 4.72 Å². The van der Waals surface area contributed by atoms with Gasteiger partial charge in [0.1, 0.15) is 0 Å². The van der Waals surface area contributed by atoms with E-state index >= 15 is 0 Å². The van der Waals surface area contributed by atoms with Gasteiger partial charge in [-0.3, -0.25) is 0 Å². The number of benzene rings is 1. The molecule has 2 atom stereocenters. The third kappa shape index (κ3) is 3.57. The van der Waals surface area contributed by atoms with Crippen molar-refractivity contribution >= 4 is 11.0 Å². The molecule has 0 aliphatic heterocycles. The van der Waals surface area contributed by atoms with Crippen LogP contribution < -0.4 is 4.72 Å². The van der Waals surface area contributed by atoms with Crippen LogP contribution in [0.3, 0.4) is 0 Å². The van der Waals surface area contributed by atoms with Crippen LogP contribution in [-0.4, -0.2) is 8.96 Å². The summed E-state index contributed by atoms with van der Waals surface area (Å²) in [4.78, 5) is 0. The zero-order valence-corrected chi connectivity index (χ0v) is 11.2. The van der Waals surface area contributed by atoms with E-state index in [9.17, 15) is 13.0 Å². The van der Waals surface area contributed by atoms with Crippen molar-refractivity contribution in [3.8, 4) is 0 Å². The fraction of sp³-hybridized carbons (Fsp3) is 0.500. The maximum Gasteiger partial charge on any atom is 0.163 e. The standard InChI is InChI=1S/C12H17F2NOS/c1-8(15-17(16)12(2,3)4)9-6-5-7-10(13)11(9)14/h5-8,15H,1-4H3/t8-,17?/m0/s1. The van der Waals surface area contributed by atoms with E-state index in [4.69, 9.17) is 0 Å². The molecule has 0 saturated carbocycles. The van der Waals surface area contributed by atoms with E-state index in [-0.39, 0.29) is 5.56 Å². The van der Waals surface area contributed by atoms with Crippen LogP contribution in [-0.2, 0) is 11.0 Å². The zero-order chi connectivity index (χ0) is 13.2. The molecular formula is C12H17F2NOS. The Labute approximate surface area is 103 Å². The van der Waals surface area contributed by atoms with Crippen molar-refractivity contribution in [3.05, 3.63) is 35.4 Å². The predicted octanol–water partition coefficient (Wildman–Crippen LogP) is 3.08. The normalized spacial score (nSPS) is 15.6. The minimum Gasteiger partial charge on any atom is -0.242 e. The SMILES string of the molecule is C[C@H](NS(=O)C(C)(C)C)c1cccc(F)c1F. The van der Waals surface area contributed by atoms with Gasteiger partial charge >= 0.3 is 0 Å². The highest BCUT2D eigenvalue weighted by atomic mass is 32.2. The molecule has 0 aliphatic rings. The van der Waals surface area contributed by atoms with Crippen molar-refractivity contribution in [3.63, 3.8) is 0 Å². The molecule has 0 fully saturated rings. The molecule has 0 bridgehead atoms. The molecule has 96 valence electrons. The molecule has 5 heteroatoms. The van der Waals surface area contributed by atoms with Gasteiger partial charge in [-0.15, -0.1) is 0 Å². The molecule has 1 aromatic rings. The lowest BCUT2D eigenvalue weighted by Gasteiger charge is -2.22. The lowest BCUT2D eigenvalue weighted by Crippen LogP contribution is -2.35. The monoisotopic (exact) mass is 261 g/mol. The first kappa shape index (κ1) is 14.3. The predicted molar refractivity (Wildman–Crippen MR) is 65.8 cm³/mol. The molecule has 2 nitrogen and oxygen atoms in total. The summed E-state index contributed by atoms with van der Waals surface area (Å²) in [5, 5.41) is 0. The van der Waals surface area contributed by atoms with E-state index in [0.717, 1.165) is 6.07 Å². The molecule has 0 aliphatic carbocycles. The Balaban J connectivity index is 2.88. The molecule has 0 amide bonds. The van der Waals surface area contributed by atoms with Gasteiger partial charge in [0.25, 0.3) is 0 Å². The highest BCUT2D eigenvalue weighted by Gasteiger charge is 2.23. The second-order valence-electron chi connectivity index (χ2n) is 4.86. The summed E-state index contributed by atoms with van der Waals surface area (Å²) < 4.78 is 40.7. The van der Waals surface area contributed by atoms with Gasteiger partial charge in [-0.05, 0) is 33.8 Å². The van der Waals surface area contributed by atoms with E-state index < -0.39 is 33.4 Å². The van der Waals surface area contributed by atoms with Crippen molar-refractivity contribution < 1.29 is 13.0 Å². The summed E-state index contributed by atoms with van der Waals surface area (Å²) in [7, 11) is -1.32. The Hall–Kier alpha value is -0.810. The first-order valence-electron chi connectivity index (χ1n) is 5.35. The fourth-order valence-corrected chi connectivity index (χ4v) is 2.06. The Kier molecular flexibility index (Phi) is 4.38.